The molecule has 0 amide bonds. The van der Waals surface area contributed by atoms with E-state index in [0.717, 1.165) is 16.1 Å². The molecule has 0 aliphatic rings. The number of benzene rings is 2. The summed E-state index contributed by atoms with van der Waals surface area (Å²) in [6, 6.07) is 18.0. The summed E-state index contributed by atoms with van der Waals surface area (Å²) < 4.78 is 0. The Hall–Kier alpha value is -0.960. The van der Waals surface area contributed by atoms with Crippen LogP contribution in [0.2, 0.25) is 5.02 Å². The molecular weight excluding hydrogens is 259 g/mol. The molecule has 0 bridgehead atoms. The van der Waals surface area contributed by atoms with E-state index >= 15 is 0 Å². The zero-order chi connectivity index (χ0) is 12.7. The van der Waals surface area contributed by atoms with Crippen LogP contribution in [0.1, 0.15) is 0 Å². The Kier molecular flexibility index (Phi) is 6.12. The number of halogens is 1. The van der Waals surface area contributed by atoms with E-state index in [9.17, 15) is 0 Å². The minimum atomic E-state index is -2.62. The van der Waals surface area contributed by atoms with Gasteiger partial charge in [-0.1, -0.05) is 60.1 Å². The maximum absolute atomic E-state index is 7.23. The van der Waals surface area contributed by atoms with Gasteiger partial charge in [0.1, 0.15) is 0 Å². The molecule has 2 aromatic rings. The highest BCUT2D eigenvalue weighted by molar-refractivity contribution is 7.38. The average Bonchev–Trinajstić information content (AvgIpc) is 2.30. The second kappa shape index (κ2) is 7.38. The van der Waals surface area contributed by atoms with Crippen LogP contribution in [0.4, 0.5) is 0 Å². The Morgan fingerprint density at radius 3 is 1.76 bits per heavy atom. The molecule has 0 spiro atoms. The monoisotopic (exact) mass is 270 g/mol. The fourth-order valence-electron chi connectivity index (χ4n) is 1.31. The maximum atomic E-state index is 7.23. The van der Waals surface area contributed by atoms with Crippen LogP contribution in [-0.4, -0.2) is 14.7 Å². The van der Waals surface area contributed by atoms with Gasteiger partial charge >= 0.3 is 8.60 Å². The molecule has 0 aliphatic carbocycles. The molecule has 0 fully saturated rings. The van der Waals surface area contributed by atoms with Gasteiger partial charge in [-0.05, 0) is 11.6 Å². The molecule has 0 atom stereocenters. The van der Waals surface area contributed by atoms with E-state index in [1.807, 2.05) is 42.5 Å². The normalized spacial score (nSPS) is 9.71. The highest BCUT2D eigenvalue weighted by atomic mass is 35.5. The molecule has 2 rings (SSSR count). The van der Waals surface area contributed by atoms with Crippen LogP contribution in [0.15, 0.2) is 54.6 Å². The number of rotatable bonds is 1. The van der Waals surface area contributed by atoms with Gasteiger partial charge in [0.25, 0.3) is 0 Å². The van der Waals surface area contributed by atoms with Crippen molar-refractivity contribution >= 4 is 20.2 Å². The molecule has 2 aromatic carbocycles. The number of hydrogen-bond donors (Lipinski definition) is 3. The van der Waals surface area contributed by atoms with Gasteiger partial charge in [0.15, 0.2) is 0 Å². The van der Waals surface area contributed by atoms with E-state index in [1.54, 1.807) is 0 Å². The Labute approximate surface area is 106 Å². The summed E-state index contributed by atoms with van der Waals surface area (Å²) >= 11 is 6.06. The zero-order valence-electron chi connectivity index (χ0n) is 8.86. The smallest absolute Gasteiger partial charge is 0.324 e. The highest BCUT2D eigenvalue weighted by Crippen LogP contribution is 2.26. The van der Waals surface area contributed by atoms with Crippen molar-refractivity contribution in [2.24, 2.45) is 0 Å². The predicted octanol–water partition coefficient (Wildman–Crippen LogP) is 3.20. The lowest BCUT2D eigenvalue weighted by atomic mass is 10.1. The van der Waals surface area contributed by atoms with Crippen molar-refractivity contribution in [3.8, 4) is 11.1 Å². The third-order valence-electron chi connectivity index (χ3n) is 1.96. The molecule has 0 heterocycles. The molecule has 0 radical (unpaired) electrons. The lowest BCUT2D eigenvalue weighted by molar-refractivity contribution is 0.368. The van der Waals surface area contributed by atoms with Gasteiger partial charge in [-0.25, -0.2) is 0 Å². The van der Waals surface area contributed by atoms with Gasteiger partial charge in [-0.15, -0.1) is 0 Å². The molecule has 3 N–H and O–H groups in total. The van der Waals surface area contributed by atoms with E-state index in [0.29, 0.717) is 0 Å². The standard InChI is InChI=1S/C12H9Cl.H3O3P/c13-12-9-5-4-8-11(12)10-6-2-1-3-7-10;1-4(2)3/h1-9H;1-3H. The molecule has 0 unspecified atom stereocenters. The summed E-state index contributed by atoms with van der Waals surface area (Å²) in [5.41, 5.74) is 2.25. The first-order valence-corrected chi connectivity index (χ1v) is 6.35. The molecule has 0 saturated carbocycles. The molecule has 0 saturated heterocycles. The molecule has 0 aliphatic heterocycles. The molecule has 17 heavy (non-hydrogen) atoms. The molecule has 3 nitrogen and oxygen atoms in total. The lowest BCUT2D eigenvalue weighted by Crippen LogP contribution is -1.77. The first kappa shape index (κ1) is 14.1. The van der Waals surface area contributed by atoms with Crippen molar-refractivity contribution in [2.75, 3.05) is 0 Å². The summed E-state index contributed by atoms with van der Waals surface area (Å²) in [5, 5.41) is 0.800. The minimum Gasteiger partial charge on any atom is -0.328 e. The highest BCUT2D eigenvalue weighted by Gasteiger charge is 1.99. The van der Waals surface area contributed by atoms with E-state index in [2.05, 4.69) is 12.1 Å². The number of hydrogen-bond acceptors (Lipinski definition) is 3. The topological polar surface area (TPSA) is 60.7 Å². The van der Waals surface area contributed by atoms with E-state index in [1.165, 1.54) is 0 Å². The van der Waals surface area contributed by atoms with E-state index in [4.69, 9.17) is 26.3 Å². The van der Waals surface area contributed by atoms with Crippen LogP contribution in [0.5, 0.6) is 0 Å². The minimum absolute atomic E-state index is 0.800. The fourth-order valence-corrected chi connectivity index (χ4v) is 1.56. The van der Waals surface area contributed by atoms with Gasteiger partial charge in [0.2, 0.25) is 0 Å². The second-order valence-electron chi connectivity index (χ2n) is 3.11. The van der Waals surface area contributed by atoms with Gasteiger partial charge in [-0.2, -0.15) is 0 Å². The van der Waals surface area contributed by atoms with Crippen molar-refractivity contribution in [3.63, 3.8) is 0 Å². The summed E-state index contributed by atoms with van der Waals surface area (Å²) in [4.78, 5) is 21.7. The molecule has 0 aromatic heterocycles. The van der Waals surface area contributed by atoms with E-state index in [-0.39, 0.29) is 0 Å². The summed E-state index contributed by atoms with van der Waals surface area (Å²) in [7, 11) is -2.62. The van der Waals surface area contributed by atoms with Gasteiger partial charge in [-0.3, -0.25) is 0 Å². The predicted molar refractivity (Wildman–Crippen MR) is 70.5 cm³/mol. The van der Waals surface area contributed by atoms with Gasteiger partial charge < -0.3 is 14.7 Å². The van der Waals surface area contributed by atoms with Crippen LogP contribution in [0, 0.1) is 0 Å². The fraction of sp³-hybridized carbons (Fsp3) is 0. The van der Waals surface area contributed by atoms with Crippen molar-refractivity contribution < 1.29 is 14.7 Å². The van der Waals surface area contributed by atoms with Crippen LogP contribution in [0.3, 0.4) is 0 Å². The largest absolute Gasteiger partial charge is 0.328 e. The third kappa shape index (κ3) is 5.26. The first-order valence-electron chi connectivity index (χ1n) is 4.78. The van der Waals surface area contributed by atoms with Crippen LogP contribution in [0.25, 0.3) is 11.1 Å². The Morgan fingerprint density at radius 2 is 1.24 bits per heavy atom. The Bertz CT molecular complexity index is 446. The third-order valence-corrected chi connectivity index (χ3v) is 2.29. The van der Waals surface area contributed by atoms with Crippen LogP contribution >= 0.6 is 20.2 Å². The average molecular weight is 271 g/mol. The SMILES string of the molecule is Clc1ccccc1-c1ccccc1.OP(O)O. The summed E-state index contributed by atoms with van der Waals surface area (Å²) in [6.45, 7) is 0. The first-order chi connectivity index (χ1) is 8.11. The second-order valence-corrected chi connectivity index (χ2v) is 4.06. The molecule has 90 valence electrons. The van der Waals surface area contributed by atoms with Crippen molar-refractivity contribution in [1.29, 1.82) is 0 Å². The summed E-state index contributed by atoms with van der Waals surface area (Å²) in [5.74, 6) is 0. The molecule has 5 heteroatoms. The van der Waals surface area contributed by atoms with Crippen LogP contribution < -0.4 is 0 Å². The van der Waals surface area contributed by atoms with Crippen LogP contribution in [-0.2, 0) is 0 Å². The lowest BCUT2D eigenvalue weighted by Gasteiger charge is -2.02. The zero-order valence-corrected chi connectivity index (χ0v) is 10.5. The van der Waals surface area contributed by atoms with Gasteiger partial charge in [0, 0.05) is 10.6 Å². The maximum Gasteiger partial charge on any atom is 0.324 e. The summed E-state index contributed by atoms with van der Waals surface area (Å²) in [6.07, 6.45) is 0. The van der Waals surface area contributed by atoms with Gasteiger partial charge in [0.05, 0.1) is 0 Å². The van der Waals surface area contributed by atoms with Crippen molar-refractivity contribution in [1.82, 2.24) is 0 Å². The van der Waals surface area contributed by atoms with Crippen molar-refractivity contribution in [2.45, 2.75) is 0 Å². The van der Waals surface area contributed by atoms with E-state index < -0.39 is 8.60 Å². The quantitative estimate of drug-likeness (QED) is 0.698. The Morgan fingerprint density at radius 1 is 0.765 bits per heavy atom. The molecular formula is C12H12ClO3P. The Balaban J connectivity index is 0.000000317. The van der Waals surface area contributed by atoms with Crippen molar-refractivity contribution in [3.05, 3.63) is 59.6 Å².